The molecule has 2 aromatic carbocycles. The van der Waals surface area contributed by atoms with Crippen LogP contribution >= 0.6 is 11.6 Å². The SMILES string of the molecule is NC(=O)c1ccc(F)cc1C(F)(F)F.O=S(=O)(O)/C=C/c1ccccc1Cl. The maximum absolute atomic E-state index is 12.5. The van der Waals surface area contributed by atoms with Gasteiger partial charge in [0.15, 0.2) is 0 Å². The first kappa shape index (κ1) is 22.6. The molecule has 0 saturated carbocycles. The van der Waals surface area contributed by atoms with Gasteiger partial charge in [-0.1, -0.05) is 29.8 Å². The lowest BCUT2D eigenvalue weighted by atomic mass is 10.1. The predicted molar refractivity (Wildman–Crippen MR) is 92.0 cm³/mol. The molecule has 2 aromatic rings. The number of amides is 1. The van der Waals surface area contributed by atoms with Gasteiger partial charge in [-0.05, 0) is 35.9 Å². The van der Waals surface area contributed by atoms with Crippen molar-refractivity contribution in [2.24, 2.45) is 5.73 Å². The largest absolute Gasteiger partial charge is 0.417 e. The summed E-state index contributed by atoms with van der Waals surface area (Å²) in [6.45, 7) is 0. The van der Waals surface area contributed by atoms with Gasteiger partial charge >= 0.3 is 6.18 Å². The Bertz CT molecular complexity index is 959. The molecule has 3 N–H and O–H groups in total. The summed E-state index contributed by atoms with van der Waals surface area (Å²) in [5, 5.41) is 1.12. The lowest BCUT2D eigenvalue weighted by Gasteiger charge is -2.09. The zero-order chi connectivity index (χ0) is 20.8. The maximum Gasteiger partial charge on any atom is 0.417 e. The zero-order valence-electron chi connectivity index (χ0n) is 13.2. The number of carbonyl (C=O) groups is 1. The fraction of sp³-hybridized carbons (Fsp3) is 0.0625. The highest BCUT2D eigenvalue weighted by atomic mass is 35.5. The molecule has 2 rings (SSSR count). The minimum absolute atomic E-state index is 0.236. The molecule has 0 heterocycles. The molecule has 27 heavy (non-hydrogen) atoms. The Balaban J connectivity index is 0.000000271. The van der Waals surface area contributed by atoms with E-state index in [1.807, 2.05) is 0 Å². The van der Waals surface area contributed by atoms with Crippen LogP contribution < -0.4 is 5.73 Å². The molecule has 0 bridgehead atoms. The van der Waals surface area contributed by atoms with Crippen LogP contribution in [-0.2, 0) is 16.3 Å². The zero-order valence-corrected chi connectivity index (χ0v) is 14.8. The van der Waals surface area contributed by atoms with Crippen molar-refractivity contribution in [3.8, 4) is 0 Å². The Morgan fingerprint density at radius 1 is 1.15 bits per heavy atom. The molecule has 0 aliphatic heterocycles. The van der Waals surface area contributed by atoms with Crippen LogP contribution in [0.15, 0.2) is 47.9 Å². The molecular formula is C16H12ClF4NO4S. The molecule has 0 aliphatic carbocycles. The van der Waals surface area contributed by atoms with Gasteiger partial charge in [0, 0.05) is 5.02 Å². The number of hydrogen-bond acceptors (Lipinski definition) is 3. The van der Waals surface area contributed by atoms with Gasteiger partial charge in [-0.15, -0.1) is 0 Å². The average Bonchev–Trinajstić information content (AvgIpc) is 2.53. The molecule has 11 heteroatoms. The van der Waals surface area contributed by atoms with E-state index >= 15 is 0 Å². The summed E-state index contributed by atoms with van der Waals surface area (Å²) in [5.74, 6) is -2.31. The van der Waals surface area contributed by atoms with Crippen molar-refractivity contribution in [3.63, 3.8) is 0 Å². The minimum atomic E-state index is -4.79. The predicted octanol–water partition coefficient (Wildman–Crippen LogP) is 4.14. The Morgan fingerprint density at radius 2 is 1.74 bits per heavy atom. The van der Waals surface area contributed by atoms with Crippen LogP contribution in [0.25, 0.3) is 6.08 Å². The number of alkyl halides is 3. The number of benzene rings is 2. The lowest BCUT2D eigenvalue weighted by Crippen LogP contribution is -2.18. The monoisotopic (exact) mass is 425 g/mol. The number of hydrogen-bond donors (Lipinski definition) is 2. The minimum Gasteiger partial charge on any atom is -0.366 e. The molecule has 0 unspecified atom stereocenters. The van der Waals surface area contributed by atoms with Crippen LogP contribution in [-0.4, -0.2) is 18.9 Å². The van der Waals surface area contributed by atoms with Crippen LogP contribution in [0.1, 0.15) is 21.5 Å². The third-order valence-electron chi connectivity index (χ3n) is 2.88. The van der Waals surface area contributed by atoms with Crippen molar-refractivity contribution in [2.75, 3.05) is 0 Å². The first-order chi connectivity index (χ1) is 12.3. The van der Waals surface area contributed by atoms with E-state index in [0.717, 1.165) is 6.07 Å². The highest BCUT2D eigenvalue weighted by Crippen LogP contribution is 2.32. The van der Waals surface area contributed by atoms with Crippen molar-refractivity contribution in [1.82, 2.24) is 0 Å². The van der Waals surface area contributed by atoms with Gasteiger partial charge < -0.3 is 5.73 Å². The summed E-state index contributed by atoms with van der Waals surface area (Å²) in [4.78, 5) is 10.6. The summed E-state index contributed by atoms with van der Waals surface area (Å²) in [6.07, 6.45) is -3.55. The van der Waals surface area contributed by atoms with Gasteiger partial charge in [-0.2, -0.15) is 21.6 Å². The number of nitrogens with two attached hydrogens (primary N) is 1. The van der Waals surface area contributed by atoms with Gasteiger partial charge in [-0.3, -0.25) is 9.35 Å². The Hall–Kier alpha value is -2.43. The van der Waals surface area contributed by atoms with E-state index in [4.69, 9.17) is 21.9 Å². The van der Waals surface area contributed by atoms with Gasteiger partial charge in [0.25, 0.3) is 10.1 Å². The third-order valence-corrected chi connectivity index (χ3v) is 3.70. The van der Waals surface area contributed by atoms with Gasteiger partial charge in [0.2, 0.25) is 5.91 Å². The first-order valence-corrected chi connectivity index (χ1v) is 8.76. The molecular weight excluding hydrogens is 414 g/mol. The molecule has 0 spiro atoms. The standard InChI is InChI=1S/C8H7ClO3S.C8H5F4NO/c9-8-4-2-1-3-7(8)5-6-13(10,11)12;9-4-1-2-5(7(13)14)6(3-4)8(10,11)12/h1-6H,(H,10,11,12);1-3H,(H2,13,14)/b6-5+;. The summed E-state index contributed by atoms with van der Waals surface area (Å²) in [5.41, 5.74) is 3.15. The molecule has 1 amide bonds. The van der Waals surface area contributed by atoms with Gasteiger partial charge in [0.1, 0.15) is 5.82 Å². The normalized spacial score (nSPS) is 11.8. The topological polar surface area (TPSA) is 97.5 Å². The van der Waals surface area contributed by atoms with Gasteiger partial charge in [-0.25, -0.2) is 4.39 Å². The second kappa shape index (κ2) is 8.98. The van der Waals surface area contributed by atoms with E-state index in [0.29, 0.717) is 22.1 Å². The average molecular weight is 426 g/mol. The van der Waals surface area contributed by atoms with Gasteiger partial charge in [0.05, 0.1) is 16.5 Å². The van der Waals surface area contributed by atoms with Crippen LogP contribution in [0.3, 0.4) is 0 Å². The summed E-state index contributed by atoms with van der Waals surface area (Å²) in [7, 11) is -4.08. The molecule has 0 radical (unpaired) electrons. The summed E-state index contributed by atoms with van der Waals surface area (Å²) in [6, 6.07) is 8.41. The van der Waals surface area contributed by atoms with Crippen LogP contribution in [0.5, 0.6) is 0 Å². The fourth-order valence-electron chi connectivity index (χ4n) is 1.74. The number of carbonyl (C=O) groups excluding carboxylic acids is 1. The van der Waals surface area contributed by atoms with E-state index in [2.05, 4.69) is 0 Å². The van der Waals surface area contributed by atoms with E-state index in [9.17, 15) is 30.8 Å². The fourth-order valence-corrected chi connectivity index (χ4v) is 2.25. The highest BCUT2D eigenvalue weighted by Gasteiger charge is 2.35. The van der Waals surface area contributed by atoms with E-state index < -0.39 is 39.1 Å². The molecule has 0 saturated heterocycles. The van der Waals surface area contributed by atoms with E-state index in [-0.39, 0.29) is 6.07 Å². The van der Waals surface area contributed by atoms with E-state index in [1.54, 1.807) is 24.3 Å². The molecule has 146 valence electrons. The second-order valence-electron chi connectivity index (χ2n) is 4.89. The van der Waals surface area contributed by atoms with Crippen LogP contribution in [0, 0.1) is 5.82 Å². The quantitative estimate of drug-likeness (QED) is 0.570. The Morgan fingerprint density at radius 3 is 2.22 bits per heavy atom. The van der Waals surface area contributed by atoms with Crippen molar-refractivity contribution < 1.29 is 35.3 Å². The third kappa shape index (κ3) is 7.77. The van der Waals surface area contributed by atoms with Crippen molar-refractivity contribution in [2.45, 2.75) is 6.18 Å². The molecule has 5 nitrogen and oxygen atoms in total. The number of primary amides is 1. The lowest BCUT2D eigenvalue weighted by molar-refractivity contribution is -0.138. The smallest absolute Gasteiger partial charge is 0.366 e. The summed E-state index contributed by atoms with van der Waals surface area (Å²) < 4.78 is 78.2. The first-order valence-electron chi connectivity index (χ1n) is 6.88. The van der Waals surface area contributed by atoms with Crippen LogP contribution in [0.2, 0.25) is 5.02 Å². The molecule has 0 atom stereocenters. The number of halogens is 5. The molecule has 0 aromatic heterocycles. The number of rotatable bonds is 3. The molecule has 0 aliphatic rings. The van der Waals surface area contributed by atoms with Crippen molar-refractivity contribution in [1.29, 1.82) is 0 Å². The second-order valence-corrected chi connectivity index (χ2v) is 6.60. The van der Waals surface area contributed by atoms with Crippen molar-refractivity contribution >= 4 is 33.7 Å². The maximum atomic E-state index is 12.5. The molecule has 0 fully saturated rings. The van der Waals surface area contributed by atoms with E-state index in [1.165, 1.54) is 6.08 Å². The highest BCUT2D eigenvalue weighted by molar-refractivity contribution is 7.88. The van der Waals surface area contributed by atoms with Crippen molar-refractivity contribution in [3.05, 3.63) is 75.4 Å². The Labute approximate surface area is 156 Å². The Kier molecular flexibility index (Phi) is 7.52. The van der Waals surface area contributed by atoms with Crippen LogP contribution in [0.4, 0.5) is 17.6 Å². The summed E-state index contributed by atoms with van der Waals surface area (Å²) >= 11 is 5.73.